The van der Waals surface area contributed by atoms with E-state index < -0.39 is 0 Å². The average molecular weight is 230 g/mol. The normalized spacial score (nSPS) is 14.6. The molecule has 0 saturated heterocycles. The molecule has 0 fully saturated rings. The highest BCUT2D eigenvalue weighted by Gasteiger charge is 2.23. The third kappa shape index (κ3) is 4.94. The molecule has 0 spiro atoms. The number of amides is 1. The minimum absolute atomic E-state index is 0.0385. The Kier molecular flexibility index (Phi) is 8.21. The van der Waals surface area contributed by atoms with Crippen molar-refractivity contribution in [3.63, 3.8) is 0 Å². The van der Waals surface area contributed by atoms with E-state index in [9.17, 15) is 4.79 Å². The van der Waals surface area contributed by atoms with Crippen molar-refractivity contribution >= 4 is 5.91 Å². The molecule has 0 aromatic heterocycles. The number of likely N-dealkylation sites (N-methyl/N-ethyl adjacent to an activating group) is 1. The van der Waals surface area contributed by atoms with Crippen LogP contribution in [-0.4, -0.2) is 43.2 Å². The summed E-state index contributed by atoms with van der Waals surface area (Å²) < 4.78 is 5.25. The van der Waals surface area contributed by atoms with Crippen molar-refractivity contribution in [2.45, 2.75) is 40.2 Å². The van der Waals surface area contributed by atoms with E-state index in [2.05, 4.69) is 0 Å². The fourth-order valence-corrected chi connectivity index (χ4v) is 1.45. The van der Waals surface area contributed by atoms with Gasteiger partial charge in [-0.15, -0.1) is 0 Å². The zero-order valence-electron chi connectivity index (χ0n) is 11.0. The first-order chi connectivity index (χ1) is 7.58. The molecule has 4 heteroatoms. The van der Waals surface area contributed by atoms with E-state index in [1.807, 2.05) is 27.7 Å². The van der Waals surface area contributed by atoms with Gasteiger partial charge in [0.15, 0.2) is 0 Å². The van der Waals surface area contributed by atoms with Gasteiger partial charge in [0.1, 0.15) is 0 Å². The number of hydrogen-bond acceptors (Lipinski definition) is 3. The van der Waals surface area contributed by atoms with Crippen LogP contribution in [0.3, 0.4) is 0 Å². The van der Waals surface area contributed by atoms with Crippen LogP contribution >= 0.6 is 0 Å². The van der Waals surface area contributed by atoms with Crippen molar-refractivity contribution in [2.75, 3.05) is 26.3 Å². The maximum absolute atomic E-state index is 12.0. The SMILES string of the molecule is CCOCCN(CC)C(=O)[C@@H](N)[C@@H](C)CC. The highest BCUT2D eigenvalue weighted by Crippen LogP contribution is 2.08. The lowest BCUT2D eigenvalue weighted by Gasteiger charge is -2.26. The predicted octanol–water partition coefficient (Wildman–Crippen LogP) is 1.24. The Labute approximate surface area is 99.1 Å². The number of ether oxygens (including phenoxy) is 1. The number of carbonyl (C=O) groups is 1. The van der Waals surface area contributed by atoms with E-state index in [4.69, 9.17) is 10.5 Å². The molecule has 16 heavy (non-hydrogen) atoms. The smallest absolute Gasteiger partial charge is 0.239 e. The third-order valence-corrected chi connectivity index (χ3v) is 2.95. The first kappa shape index (κ1) is 15.4. The van der Waals surface area contributed by atoms with Gasteiger partial charge in [-0.2, -0.15) is 0 Å². The number of rotatable bonds is 8. The molecule has 0 radical (unpaired) electrons. The maximum atomic E-state index is 12.0. The molecule has 4 nitrogen and oxygen atoms in total. The fourth-order valence-electron chi connectivity index (χ4n) is 1.45. The number of nitrogens with two attached hydrogens (primary N) is 1. The first-order valence-corrected chi connectivity index (χ1v) is 6.20. The molecule has 2 N–H and O–H groups in total. The van der Waals surface area contributed by atoms with Gasteiger partial charge in [-0.1, -0.05) is 20.3 Å². The molecule has 96 valence electrons. The largest absolute Gasteiger partial charge is 0.380 e. The molecule has 0 bridgehead atoms. The van der Waals surface area contributed by atoms with Gasteiger partial charge in [-0.05, 0) is 19.8 Å². The molecular formula is C12H26N2O2. The van der Waals surface area contributed by atoms with E-state index in [0.29, 0.717) is 26.3 Å². The summed E-state index contributed by atoms with van der Waals surface area (Å²) in [6.07, 6.45) is 0.927. The molecule has 0 aliphatic carbocycles. The summed E-state index contributed by atoms with van der Waals surface area (Å²) in [6, 6.07) is -0.383. The molecule has 0 saturated carbocycles. The third-order valence-electron chi connectivity index (χ3n) is 2.95. The molecule has 0 heterocycles. The van der Waals surface area contributed by atoms with Crippen LogP contribution in [0.25, 0.3) is 0 Å². The summed E-state index contributed by atoms with van der Waals surface area (Å²) in [7, 11) is 0. The Morgan fingerprint density at radius 2 is 2.00 bits per heavy atom. The minimum atomic E-state index is -0.383. The number of nitrogens with zero attached hydrogens (tertiary/aromatic N) is 1. The van der Waals surface area contributed by atoms with E-state index in [-0.39, 0.29) is 17.9 Å². The topological polar surface area (TPSA) is 55.6 Å². The quantitative estimate of drug-likeness (QED) is 0.638. The van der Waals surface area contributed by atoms with Crippen LogP contribution in [0.2, 0.25) is 0 Å². The molecule has 0 rings (SSSR count). The van der Waals surface area contributed by atoms with Crippen LogP contribution in [-0.2, 0) is 9.53 Å². The van der Waals surface area contributed by atoms with Crippen LogP contribution in [0.4, 0.5) is 0 Å². The fraction of sp³-hybridized carbons (Fsp3) is 0.917. The molecular weight excluding hydrogens is 204 g/mol. The van der Waals surface area contributed by atoms with Crippen molar-refractivity contribution in [1.29, 1.82) is 0 Å². The first-order valence-electron chi connectivity index (χ1n) is 6.20. The van der Waals surface area contributed by atoms with Crippen LogP contribution in [0.1, 0.15) is 34.1 Å². The lowest BCUT2D eigenvalue weighted by molar-refractivity contribution is -0.134. The lowest BCUT2D eigenvalue weighted by atomic mass is 9.99. The Balaban J connectivity index is 4.18. The summed E-state index contributed by atoms with van der Waals surface area (Å²) in [6.45, 7) is 10.6. The Hall–Kier alpha value is -0.610. The Morgan fingerprint density at radius 1 is 1.38 bits per heavy atom. The van der Waals surface area contributed by atoms with Crippen molar-refractivity contribution in [1.82, 2.24) is 4.90 Å². The van der Waals surface area contributed by atoms with Crippen molar-refractivity contribution < 1.29 is 9.53 Å². The monoisotopic (exact) mass is 230 g/mol. The molecule has 1 amide bonds. The summed E-state index contributed by atoms with van der Waals surface area (Å²) >= 11 is 0. The van der Waals surface area contributed by atoms with Crippen molar-refractivity contribution in [3.8, 4) is 0 Å². The van der Waals surface area contributed by atoms with Gasteiger partial charge >= 0.3 is 0 Å². The molecule has 0 unspecified atom stereocenters. The van der Waals surface area contributed by atoms with Gasteiger partial charge in [-0.25, -0.2) is 0 Å². The summed E-state index contributed by atoms with van der Waals surface area (Å²) in [5, 5.41) is 0. The molecule has 0 aromatic rings. The van der Waals surface area contributed by atoms with E-state index in [1.54, 1.807) is 4.90 Å². The lowest BCUT2D eigenvalue weighted by Crippen LogP contribution is -2.48. The zero-order chi connectivity index (χ0) is 12.6. The zero-order valence-corrected chi connectivity index (χ0v) is 11.0. The second kappa shape index (κ2) is 8.53. The number of hydrogen-bond donors (Lipinski definition) is 1. The van der Waals surface area contributed by atoms with Gasteiger partial charge in [0, 0.05) is 19.7 Å². The van der Waals surface area contributed by atoms with Crippen LogP contribution in [0, 0.1) is 5.92 Å². The van der Waals surface area contributed by atoms with Crippen LogP contribution in [0.15, 0.2) is 0 Å². The summed E-state index contributed by atoms with van der Waals surface area (Å²) in [5.74, 6) is 0.269. The highest BCUT2D eigenvalue weighted by atomic mass is 16.5. The van der Waals surface area contributed by atoms with Gasteiger partial charge < -0.3 is 15.4 Å². The van der Waals surface area contributed by atoms with Crippen molar-refractivity contribution in [3.05, 3.63) is 0 Å². The predicted molar refractivity (Wildman–Crippen MR) is 66.2 cm³/mol. The number of carbonyl (C=O) groups excluding carboxylic acids is 1. The van der Waals surface area contributed by atoms with Gasteiger partial charge in [0.05, 0.1) is 12.6 Å². The van der Waals surface area contributed by atoms with E-state index in [0.717, 1.165) is 6.42 Å². The summed E-state index contributed by atoms with van der Waals surface area (Å²) in [4.78, 5) is 13.8. The van der Waals surface area contributed by atoms with E-state index >= 15 is 0 Å². The average Bonchev–Trinajstić information content (AvgIpc) is 2.32. The molecule has 0 aromatic carbocycles. The molecule has 2 atom stereocenters. The molecule has 0 aliphatic rings. The Morgan fingerprint density at radius 3 is 2.44 bits per heavy atom. The summed E-state index contributed by atoms with van der Waals surface area (Å²) in [5.41, 5.74) is 5.92. The molecule has 0 aliphatic heterocycles. The maximum Gasteiger partial charge on any atom is 0.239 e. The minimum Gasteiger partial charge on any atom is -0.380 e. The second-order valence-electron chi connectivity index (χ2n) is 4.03. The van der Waals surface area contributed by atoms with Crippen LogP contribution < -0.4 is 5.73 Å². The highest BCUT2D eigenvalue weighted by molar-refractivity contribution is 5.81. The van der Waals surface area contributed by atoms with E-state index in [1.165, 1.54) is 0 Å². The van der Waals surface area contributed by atoms with Gasteiger partial charge in [0.2, 0.25) is 5.91 Å². The standard InChI is InChI=1S/C12H26N2O2/c1-5-10(4)11(13)12(15)14(6-2)8-9-16-7-3/h10-11H,5-9,13H2,1-4H3/t10-,11-/m0/s1. The van der Waals surface area contributed by atoms with Gasteiger partial charge in [-0.3, -0.25) is 4.79 Å². The van der Waals surface area contributed by atoms with Gasteiger partial charge in [0.25, 0.3) is 0 Å². The van der Waals surface area contributed by atoms with Crippen LogP contribution in [0.5, 0.6) is 0 Å². The van der Waals surface area contributed by atoms with Crippen molar-refractivity contribution in [2.24, 2.45) is 11.7 Å². The second-order valence-corrected chi connectivity index (χ2v) is 4.03. The Bertz CT molecular complexity index is 197.